The molecule has 1 amide bonds. The van der Waals surface area contributed by atoms with Crippen molar-refractivity contribution in [2.45, 2.75) is 57.4 Å². The van der Waals surface area contributed by atoms with Crippen molar-refractivity contribution in [3.05, 3.63) is 63.8 Å². The van der Waals surface area contributed by atoms with E-state index < -0.39 is 0 Å². The first kappa shape index (κ1) is 17.4. The Morgan fingerprint density at radius 1 is 1.32 bits per heavy atom. The van der Waals surface area contributed by atoms with Crippen molar-refractivity contribution < 1.29 is 4.79 Å². The number of aromatic amines is 1. The van der Waals surface area contributed by atoms with Crippen molar-refractivity contribution in [1.29, 1.82) is 0 Å². The van der Waals surface area contributed by atoms with Gasteiger partial charge in [-0.05, 0) is 37.2 Å². The number of amides is 1. The van der Waals surface area contributed by atoms with E-state index in [1.165, 1.54) is 11.8 Å². The molecule has 3 rings (SSSR count). The van der Waals surface area contributed by atoms with Gasteiger partial charge in [-0.15, -0.1) is 0 Å². The predicted molar refractivity (Wildman–Crippen MR) is 97.8 cm³/mol. The summed E-state index contributed by atoms with van der Waals surface area (Å²) in [5.74, 6) is 0.683. The Morgan fingerprint density at radius 2 is 2.00 bits per heavy atom. The highest BCUT2D eigenvalue weighted by atomic mass is 16.2. The second-order valence-electron chi connectivity index (χ2n) is 7.61. The number of carbonyl (C=O) groups is 1. The molecule has 2 N–H and O–H groups in total. The van der Waals surface area contributed by atoms with Gasteiger partial charge in [0.2, 0.25) is 0 Å². The number of hydrogen-bond acceptors (Lipinski definition) is 3. The minimum Gasteiger partial charge on any atom is -0.349 e. The molecule has 1 fully saturated rings. The summed E-state index contributed by atoms with van der Waals surface area (Å²) in [4.78, 5) is 31.5. The average molecular weight is 339 g/mol. The first-order chi connectivity index (χ1) is 11.9. The Morgan fingerprint density at radius 3 is 2.60 bits per heavy atom. The van der Waals surface area contributed by atoms with Crippen LogP contribution in [0.25, 0.3) is 0 Å². The second-order valence-corrected chi connectivity index (χ2v) is 7.61. The summed E-state index contributed by atoms with van der Waals surface area (Å²) in [7, 11) is 0. The molecule has 0 saturated heterocycles. The first-order valence-electron chi connectivity index (χ1n) is 8.82. The third-order valence-corrected chi connectivity index (χ3v) is 4.78. The van der Waals surface area contributed by atoms with E-state index >= 15 is 0 Å². The molecule has 1 aromatic carbocycles. The van der Waals surface area contributed by atoms with Gasteiger partial charge in [0.1, 0.15) is 11.4 Å². The lowest BCUT2D eigenvalue weighted by atomic mass is 9.79. The Hall–Kier alpha value is -2.43. The van der Waals surface area contributed by atoms with Crippen LogP contribution in [-0.4, -0.2) is 21.9 Å². The molecule has 25 heavy (non-hydrogen) atoms. The van der Waals surface area contributed by atoms with Crippen LogP contribution in [0, 0.1) is 0 Å². The van der Waals surface area contributed by atoms with E-state index in [-0.39, 0.29) is 28.5 Å². The highest BCUT2D eigenvalue weighted by Gasteiger charge is 2.28. The van der Waals surface area contributed by atoms with E-state index in [2.05, 4.69) is 41.3 Å². The van der Waals surface area contributed by atoms with Crippen LogP contribution < -0.4 is 10.9 Å². The Balaban J connectivity index is 1.65. The lowest BCUT2D eigenvalue weighted by molar-refractivity contribution is 0.0932. The molecular formula is C20H25N3O2. The van der Waals surface area contributed by atoms with Gasteiger partial charge in [0.05, 0.1) is 0 Å². The van der Waals surface area contributed by atoms with Crippen LogP contribution in [0.4, 0.5) is 0 Å². The third-order valence-electron chi connectivity index (χ3n) is 4.78. The molecule has 1 aliphatic rings. The summed E-state index contributed by atoms with van der Waals surface area (Å²) < 4.78 is 0. The summed E-state index contributed by atoms with van der Waals surface area (Å²) in [5, 5.41) is 2.93. The summed E-state index contributed by atoms with van der Waals surface area (Å²) in [5.41, 5.74) is 0.871. The van der Waals surface area contributed by atoms with E-state index in [0.29, 0.717) is 11.7 Å². The number of nitrogens with one attached hydrogen (secondary N) is 2. The summed E-state index contributed by atoms with van der Waals surface area (Å²) in [6.07, 6.45) is 4.28. The largest absolute Gasteiger partial charge is 0.349 e. The maximum atomic E-state index is 12.4. The Bertz CT molecular complexity index is 807. The smallest absolute Gasteiger partial charge is 0.263 e. The molecular weight excluding hydrogens is 314 g/mol. The standard InChI is InChI=1S/C20H25N3O2/c1-13(11-20(2,3)15-7-5-4-6-8-15)22-18(24)16-12-21-17(14-9-10-14)23-19(16)25/h4-8,12-14H,9-11H2,1-3H3,(H,22,24)(H,21,23,25)/t13-/m1/s1. The van der Waals surface area contributed by atoms with E-state index in [1.54, 1.807) is 0 Å². The van der Waals surface area contributed by atoms with Crippen LogP contribution in [0.2, 0.25) is 0 Å². The number of aromatic nitrogens is 2. The SMILES string of the molecule is C[C@H](CC(C)(C)c1ccccc1)NC(=O)c1cnc(C2CC2)[nH]c1=O. The second kappa shape index (κ2) is 6.82. The molecule has 1 aromatic heterocycles. The molecule has 1 aliphatic carbocycles. The molecule has 0 unspecified atom stereocenters. The highest BCUT2D eigenvalue weighted by Crippen LogP contribution is 2.37. The molecule has 5 heteroatoms. The van der Waals surface area contributed by atoms with Gasteiger partial charge in [-0.25, -0.2) is 4.98 Å². The highest BCUT2D eigenvalue weighted by molar-refractivity contribution is 5.93. The quantitative estimate of drug-likeness (QED) is 0.849. The normalized spacial score (nSPS) is 15.6. The number of benzene rings is 1. The number of nitrogens with zero attached hydrogens (tertiary/aromatic N) is 1. The van der Waals surface area contributed by atoms with Crippen molar-refractivity contribution in [2.24, 2.45) is 0 Å². The van der Waals surface area contributed by atoms with Gasteiger partial charge in [-0.2, -0.15) is 0 Å². The average Bonchev–Trinajstić information content (AvgIpc) is 3.39. The zero-order chi connectivity index (χ0) is 18.0. The predicted octanol–water partition coefficient (Wildman–Crippen LogP) is 3.13. The molecule has 1 atom stereocenters. The molecule has 5 nitrogen and oxygen atoms in total. The fourth-order valence-electron chi connectivity index (χ4n) is 3.26. The zero-order valence-corrected chi connectivity index (χ0v) is 15.0. The number of rotatable bonds is 6. The van der Waals surface area contributed by atoms with Crippen molar-refractivity contribution in [2.75, 3.05) is 0 Å². The molecule has 1 saturated carbocycles. The monoisotopic (exact) mass is 339 g/mol. The summed E-state index contributed by atoms with van der Waals surface area (Å²) in [6, 6.07) is 10.2. The van der Waals surface area contributed by atoms with Crippen LogP contribution in [0.5, 0.6) is 0 Å². The van der Waals surface area contributed by atoms with E-state index in [9.17, 15) is 9.59 Å². The maximum absolute atomic E-state index is 12.4. The van der Waals surface area contributed by atoms with Gasteiger partial charge < -0.3 is 10.3 Å². The fourth-order valence-corrected chi connectivity index (χ4v) is 3.26. The minimum atomic E-state index is -0.368. The van der Waals surface area contributed by atoms with Crippen molar-refractivity contribution >= 4 is 5.91 Å². The van der Waals surface area contributed by atoms with E-state index in [0.717, 1.165) is 19.3 Å². The van der Waals surface area contributed by atoms with E-state index in [1.807, 2.05) is 25.1 Å². The molecule has 0 bridgehead atoms. The van der Waals surface area contributed by atoms with Gasteiger partial charge in [0, 0.05) is 18.2 Å². The lowest BCUT2D eigenvalue weighted by Gasteiger charge is -2.29. The maximum Gasteiger partial charge on any atom is 0.263 e. The Labute approximate surface area is 147 Å². The number of carbonyl (C=O) groups excluding carboxylic acids is 1. The fraction of sp³-hybridized carbons (Fsp3) is 0.450. The summed E-state index contributed by atoms with van der Waals surface area (Å²) >= 11 is 0. The van der Waals surface area contributed by atoms with Crippen LogP contribution >= 0.6 is 0 Å². The van der Waals surface area contributed by atoms with Crippen molar-refractivity contribution in [1.82, 2.24) is 15.3 Å². The number of hydrogen-bond donors (Lipinski definition) is 2. The lowest BCUT2D eigenvalue weighted by Crippen LogP contribution is -2.39. The zero-order valence-electron chi connectivity index (χ0n) is 15.0. The van der Waals surface area contributed by atoms with Gasteiger partial charge in [0.25, 0.3) is 11.5 Å². The van der Waals surface area contributed by atoms with Crippen LogP contribution in [0.1, 0.15) is 67.7 Å². The molecule has 132 valence electrons. The van der Waals surface area contributed by atoms with E-state index in [4.69, 9.17) is 0 Å². The molecule has 0 radical (unpaired) electrons. The van der Waals surface area contributed by atoms with Crippen LogP contribution in [-0.2, 0) is 5.41 Å². The minimum absolute atomic E-state index is 0.0646. The molecule has 0 spiro atoms. The molecule has 2 aromatic rings. The summed E-state index contributed by atoms with van der Waals surface area (Å²) in [6.45, 7) is 6.27. The third kappa shape index (κ3) is 4.16. The van der Waals surface area contributed by atoms with Gasteiger partial charge in [-0.1, -0.05) is 44.2 Å². The topological polar surface area (TPSA) is 74.8 Å². The Kier molecular flexibility index (Phi) is 4.75. The van der Waals surface area contributed by atoms with Crippen molar-refractivity contribution in [3.63, 3.8) is 0 Å². The van der Waals surface area contributed by atoms with Gasteiger partial charge >= 0.3 is 0 Å². The molecule has 0 aliphatic heterocycles. The first-order valence-corrected chi connectivity index (χ1v) is 8.82. The van der Waals surface area contributed by atoms with Crippen molar-refractivity contribution in [3.8, 4) is 0 Å². The van der Waals surface area contributed by atoms with Crippen LogP contribution in [0.15, 0.2) is 41.3 Å². The number of H-pyrrole nitrogens is 1. The van der Waals surface area contributed by atoms with Gasteiger partial charge in [0.15, 0.2) is 0 Å². The molecule has 1 heterocycles. The van der Waals surface area contributed by atoms with Crippen LogP contribution in [0.3, 0.4) is 0 Å². The van der Waals surface area contributed by atoms with Gasteiger partial charge in [-0.3, -0.25) is 9.59 Å².